The summed E-state index contributed by atoms with van der Waals surface area (Å²) in [7, 11) is 0. The third-order valence-electron chi connectivity index (χ3n) is 3.29. The first-order valence-corrected chi connectivity index (χ1v) is 6.72. The van der Waals surface area contributed by atoms with Crippen LogP contribution in [0.3, 0.4) is 0 Å². The molecule has 1 aliphatic carbocycles. The minimum absolute atomic E-state index is 0.723. The quantitative estimate of drug-likeness (QED) is 0.845. The van der Waals surface area contributed by atoms with Crippen molar-refractivity contribution in [2.75, 3.05) is 11.9 Å². The molecule has 0 saturated heterocycles. The van der Waals surface area contributed by atoms with Crippen molar-refractivity contribution < 1.29 is 0 Å². The molecule has 0 radical (unpaired) electrons. The van der Waals surface area contributed by atoms with Crippen molar-refractivity contribution in [2.45, 2.75) is 32.4 Å². The van der Waals surface area contributed by atoms with Gasteiger partial charge in [-0.2, -0.15) is 0 Å². The summed E-state index contributed by atoms with van der Waals surface area (Å²) in [6.07, 6.45) is 2.63. The van der Waals surface area contributed by atoms with E-state index < -0.39 is 0 Å². The van der Waals surface area contributed by atoms with Crippen LogP contribution in [-0.2, 0) is 6.54 Å². The number of hydrogen-bond donors (Lipinski definition) is 2. The van der Waals surface area contributed by atoms with Gasteiger partial charge in [-0.05, 0) is 31.9 Å². The monoisotopic (exact) mass is 241 g/mol. The van der Waals surface area contributed by atoms with E-state index in [1.165, 1.54) is 23.9 Å². The van der Waals surface area contributed by atoms with Crippen LogP contribution in [0.2, 0.25) is 0 Å². The van der Waals surface area contributed by atoms with E-state index in [1.807, 2.05) is 6.07 Å². The lowest BCUT2D eigenvalue weighted by Gasteiger charge is -2.11. The zero-order chi connectivity index (χ0) is 12.4. The van der Waals surface area contributed by atoms with E-state index in [4.69, 9.17) is 4.98 Å². The molecule has 1 heterocycles. The molecule has 0 amide bonds. The zero-order valence-electron chi connectivity index (χ0n) is 10.7. The van der Waals surface area contributed by atoms with E-state index in [9.17, 15) is 0 Å². The van der Waals surface area contributed by atoms with E-state index in [2.05, 4.69) is 41.8 Å². The number of anilines is 1. The van der Waals surface area contributed by atoms with E-state index in [1.54, 1.807) is 0 Å². The van der Waals surface area contributed by atoms with Gasteiger partial charge in [-0.15, -0.1) is 0 Å². The van der Waals surface area contributed by atoms with Gasteiger partial charge in [-0.3, -0.25) is 4.98 Å². The summed E-state index contributed by atoms with van der Waals surface area (Å²) in [6, 6.07) is 11.2. The van der Waals surface area contributed by atoms with Crippen molar-refractivity contribution in [1.82, 2.24) is 10.3 Å². The van der Waals surface area contributed by atoms with Gasteiger partial charge >= 0.3 is 0 Å². The van der Waals surface area contributed by atoms with Crippen molar-refractivity contribution in [3.05, 3.63) is 36.0 Å². The van der Waals surface area contributed by atoms with Crippen LogP contribution in [0, 0.1) is 0 Å². The first-order valence-electron chi connectivity index (χ1n) is 6.72. The molecule has 0 atom stereocenters. The van der Waals surface area contributed by atoms with Crippen LogP contribution in [0.15, 0.2) is 30.3 Å². The number of nitrogens with zero attached hydrogens (tertiary/aromatic N) is 1. The average molecular weight is 241 g/mol. The minimum atomic E-state index is 0.723. The van der Waals surface area contributed by atoms with Crippen LogP contribution in [0.4, 0.5) is 5.69 Å². The van der Waals surface area contributed by atoms with Crippen molar-refractivity contribution in [3.8, 4) is 0 Å². The maximum atomic E-state index is 4.72. The topological polar surface area (TPSA) is 37.0 Å². The van der Waals surface area contributed by atoms with Gasteiger partial charge in [0.1, 0.15) is 0 Å². The number of hydrogen-bond acceptors (Lipinski definition) is 3. The van der Waals surface area contributed by atoms with Crippen LogP contribution in [0.1, 0.15) is 25.5 Å². The summed E-state index contributed by atoms with van der Waals surface area (Å²) < 4.78 is 0. The molecule has 3 rings (SSSR count). The SMILES string of the molecule is CCNc1cc(CNC2CC2)nc2ccccc12. The van der Waals surface area contributed by atoms with E-state index in [0.717, 1.165) is 30.3 Å². The Labute approximate surface area is 108 Å². The molecule has 1 fully saturated rings. The zero-order valence-corrected chi connectivity index (χ0v) is 10.7. The lowest BCUT2D eigenvalue weighted by molar-refractivity contribution is 0.676. The predicted octanol–water partition coefficient (Wildman–Crippen LogP) is 2.92. The molecule has 1 aliphatic rings. The Hall–Kier alpha value is -1.61. The summed E-state index contributed by atoms with van der Waals surface area (Å²) in [5, 5.41) is 8.15. The molecular formula is C15H19N3. The fourth-order valence-corrected chi connectivity index (χ4v) is 2.19. The third kappa shape index (κ3) is 2.46. The predicted molar refractivity (Wildman–Crippen MR) is 75.8 cm³/mol. The van der Waals surface area contributed by atoms with E-state index in [0.29, 0.717) is 0 Å². The molecule has 0 spiro atoms. The summed E-state index contributed by atoms with van der Waals surface area (Å²) in [4.78, 5) is 4.72. The molecule has 2 N–H and O–H groups in total. The van der Waals surface area contributed by atoms with E-state index in [-0.39, 0.29) is 0 Å². The Morgan fingerprint density at radius 3 is 2.89 bits per heavy atom. The Bertz CT molecular complexity index is 546. The number of fused-ring (bicyclic) bond motifs is 1. The van der Waals surface area contributed by atoms with Crippen molar-refractivity contribution in [1.29, 1.82) is 0 Å². The standard InChI is InChI=1S/C15H19N3/c1-2-16-15-9-12(10-17-11-7-8-11)18-14-6-4-3-5-13(14)15/h3-6,9,11,17H,2,7-8,10H2,1H3,(H,16,18). The molecule has 3 nitrogen and oxygen atoms in total. The molecule has 1 aromatic heterocycles. The number of benzene rings is 1. The lowest BCUT2D eigenvalue weighted by Crippen LogP contribution is -2.16. The van der Waals surface area contributed by atoms with Crippen LogP contribution >= 0.6 is 0 Å². The van der Waals surface area contributed by atoms with Gasteiger partial charge in [0.05, 0.1) is 11.2 Å². The normalized spacial score (nSPS) is 14.9. The molecular weight excluding hydrogens is 222 g/mol. The number of para-hydroxylation sites is 1. The highest BCUT2D eigenvalue weighted by Gasteiger charge is 2.20. The third-order valence-corrected chi connectivity index (χ3v) is 3.29. The summed E-state index contributed by atoms with van der Waals surface area (Å²) >= 11 is 0. The second kappa shape index (κ2) is 4.94. The van der Waals surface area contributed by atoms with Gasteiger partial charge < -0.3 is 10.6 Å². The largest absolute Gasteiger partial charge is 0.385 e. The van der Waals surface area contributed by atoms with Crippen molar-refractivity contribution >= 4 is 16.6 Å². The highest BCUT2D eigenvalue weighted by atomic mass is 15.0. The number of pyridine rings is 1. The maximum absolute atomic E-state index is 4.72. The van der Waals surface area contributed by atoms with Crippen molar-refractivity contribution in [2.24, 2.45) is 0 Å². The number of nitrogens with one attached hydrogen (secondary N) is 2. The molecule has 1 aromatic carbocycles. The van der Waals surface area contributed by atoms with E-state index >= 15 is 0 Å². The molecule has 0 aliphatic heterocycles. The maximum Gasteiger partial charge on any atom is 0.0726 e. The molecule has 0 bridgehead atoms. The average Bonchev–Trinajstić information content (AvgIpc) is 3.21. The molecule has 0 unspecified atom stereocenters. The van der Waals surface area contributed by atoms with Crippen LogP contribution < -0.4 is 10.6 Å². The van der Waals surface area contributed by atoms with Gasteiger partial charge in [-0.25, -0.2) is 0 Å². The smallest absolute Gasteiger partial charge is 0.0726 e. The molecule has 3 heteroatoms. The van der Waals surface area contributed by atoms with Crippen LogP contribution in [0.5, 0.6) is 0 Å². The molecule has 18 heavy (non-hydrogen) atoms. The Morgan fingerprint density at radius 2 is 2.11 bits per heavy atom. The first-order chi connectivity index (χ1) is 8.86. The first kappa shape index (κ1) is 11.5. The highest BCUT2D eigenvalue weighted by molar-refractivity contribution is 5.91. The molecule has 1 saturated carbocycles. The Morgan fingerprint density at radius 1 is 1.28 bits per heavy atom. The van der Waals surface area contributed by atoms with Gasteiger partial charge in [0.2, 0.25) is 0 Å². The van der Waals surface area contributed by atoms with Crippen LogP contribution in [-0.4, -0.2) is 17.6 Å². The summed E-state index contributed by atoms with van der Waals surface area (Å²) in [5.41, 5.74) is 3.38. The van der Waals surface area contributed by atoms with Crippen LogP contribution in [0.25, 0.3) is 10.9 Å². The second-order valence-electron chi connectivity index (χ2n) is 4.86. The number of rotatable bonds is 5. The summed E-state index contributed by atoms with van der Waals surface area (Å²) in [6.45, 7) is 3.93. The lowest BCUT2D eigenvalue weighted by atomic mass is 10.1. The number of aromatic nitrogens is 1. The van der Waals surface area contributed by atoms with Gasteiger partial charge in [0, 0.05) is 30.2 Å². The van der Waals surface area contributed by atoms with Gasteiger partial charge in [0.15, 0.2) is 0 Å². The Balaban J connectivity index is 1.93. The fraction of sp³-hybridized carbons (Fsp3) is 0.400. The van der Waals surface area contributed by atoms with Crippen molar-refractivity contribution in [3.63, 3.8) is 0 Å². The molecule has 94 valence electrons. The highest BCUT2D eigenvalue weighted by Crippen LogP contribution is 2.24. The van der Waals surface area contributed by atoms with Gasteiger partial charge in [0.25, 0.3) is 0 Å². The fourth-order valence-electron chi connectivity index (χ4n) is 2.19. The van der Waals surface area contributed by atoms with Gasteiger partial charge in [-0.1, -0.05) is 18.2 Å². The second-order valence-corrected chi connectivity index (χ2v) is 4.86. The summed E-state index contributed by atoms with van der Waals surface area (Å²) in [5.74, 6) is 0. The minimum Gasteiger partial charge on any atom is -0.385 e. The Kier molecular flexibility index (Phi) is 3.15. The molecule has 2 aromatic rings.